The summed E-state index contributed by atoms with van der Waals surface area (Å²) < 4.78 is 11.9. The van der Waals surface area contributed by atoms with Crippen LogP contribution in [0.25, 0.3) is 0 Å². The van der Waals surface area contributed by atoms with Gasteiger partial charge >= 0.3 is 0 Å². The molecule has 0 fully saturated rings. The number of aryl methyl sites for hydroxylation is 1. The normalized spacial score (nSPS) is 9.88. The molecule has 86 valence electrons. The lowest BCUT2D eigenvalue weighted by Gasteiger charge is -2.04. The van der Waals surface area contributed by atoms with Gasteiger partial charge in [0.25, 0.3) is 5.91 Å². The zero-order chi connectivity index (χ0) is 12.0. The second-order valence-corrected chi connectivity index (χ2v) is 3.58. The number of halogens is 1. The maximum Gasteiger partial charge on any atom is 0.255 e. The molecule has 1 aromatic rings. The standard InChI is InChI=1S/C12H14FNO2/c1-9(15)2-3-10-4-6-11(7-5-10)14-12(16)8-13/h4-7H,2-3,8H2,1H3,(H,14,16). The molecule has 1 amide bonds. The van der Waals surface area contributed by atoms with Gasteiger partial charge in [0.05, 0.1) is 0 Å². The predicted octanol–water partition coefficient (Wildman–Crippen LogP) is 2.12. The predicted molar refractivity (Wildman–Crippen MR) is 60.0 cm³/mol. The molecule has 0 heterocycles. The highest BCUT2D eigenvalue weighted by atomic mass is 19.1. The van der Waals surface area contributed by atoms with Crippen molar-refractivity contribution in [3.8, 4) is 0 Å². The van der Waals surface area contributed by atoms with Gasteiger partial charge in [-0.15, -0.1) is 0 Å². The minimum Gasteiger partial charge on any atom is -0.324 e. The molecule has 1 aromatic carbocycles. The van der Waals surface area contributed by atoms with E-state index in [-0.39, 0.29) is 5.78 Å². The summed E-state index contributed by atoms with van der Waals surface area (Å²) in [6.45, 7) is 0.530. The maximum absolute atomic E-state index is 11.9. The van der Waals surface area contributed by atoms with Gasteiger partial charge < -0.3 is 10.1 Å². The summed E-state index contributed by atoms with van der Waals surface area (Å²) in [7, 11) is 0. The lowest BCUT2D eigenvalue weighted by Crippen LogP contribution is -2.12. The Balaban J connectivity index is 2.54. The summed E-state index contributed by atoms with van der Waals surface area (Å²) in [5.41, 5.74) is 1.59. The maximum atomic E-state index is 11.9. The molecule has 0 aliphatic rings. The molecule has 0 aliphatic heterocycles. The molecule has 3 nitrogen and oxygen atoms in total. The van der Waals surface area contributed by atoms with Crippen molar-refractivity contribution in [2.45, 2.75) is 19.8 Å². The number of rotatable bonds is 5. The van der Waals surface area contributed by atoms with Gasteiger partial charge in [0, 0.05) is 12.1 Å². The van der Waals surface area contributed by atoms with Crippen LogP contribution in [0, 0.1) is 0 Å². The van der Waals surface area contributed by atoms with Gasteiger partial charge in [-0.1, -0.05) is 12.1 Å². The highest BCUT2D eigenvalue weighted by Crippen LogP contribution is 2.11. The van der Waals surface area contributed by atoms with Crippen LogP contribution in [0.4, 0.5) is 10.1 Å². The van der Waals surface area contributed by atoms with E-state index in [1.54, 1.807) is 19.1 Å². The molecular formula is C12H14FNO2. The zero-order valence-corrected chi connectivity index (χ0v) is 9.13. The van der Waals surface area contributed by atoms with E-state index >= 15 is 0 Å². The fourth-order valence-electron chi connectivity index (χ4n) is 1.27. The molecule has 0 saturated carbocycles. The van der Waals surface area contributed by atoms with E-state index in [0.717, 1.165) is 5.56 Å². The lowest BCUT2D eigenvalue weighted by molar-refractivity contribution is -0.117. The highest BCUT2D eigenvalue weighted by molar-refractivity contribution is 5.91. The lowest BCUT2D eigenvalue weighted by atomic mass is 10.1. The number of carbonyl (C=O) groups is 2. The molecular weight excluding hydrogens is 209 g/mol. The molecule has 0 aliphatic carbocycles. The van der Waals surface area contributed by atoms with Crippen LogP contribution in [0.15, 0.2) is 24.3 Å². The van der Waals surface area contributed by atoms with Crippen molar-refractivity contribution in [3.05, 3.63) is 29.8 Å². The molecule has 0 spiro atoms. The molecule has 0 bridgehead atoms. The largest absolute Gasteiger partial charge is 0.324 e. The molecule has 16 heavy (non-hydrogen) atoms. The number of hydrogen-bond donors (Lipinski definition) is 1. The summed E-state index contributed by atoms with van der Waals surface area (Å²) in [5.74, 6) is -0.508. The SMILES string of the molecule is CC(=O)CCc1ccc(NC(=O)CF)cc1. The topological polar surface area (TPSA) is 46.2 Å². The monoisotopic (exact) mass is 223 g/mol. The molecule has 4 heteroatoms. The number of alkyl halides is 1. The number of benzene rings is 1. The Bertz CT molecular complexity index is 373. The number of amides is 1. The van der Waals surface area contributed by atoms with Crippen LogP contribution in [0.1, 0.15) is 18.9 Å². The van der Waals surface area contributed by atoms with Gasteiger partial charge in [0.15, 0.2) is 6.67 Å². The number of anilines is 1. The Morgan fingerprint density at radius 3 is 2.38 bits per heavy atom. The molecule has 1 N–H and O–H groups in total. The van der Waals surface area contributed by atoms with Crippen molar-refractivity contribution in [3.63, 3.8) is 0 Å². The quantitative estimate of drug-likeness (QED) is 0.831. The minimum absolute atomic E-state index is 0.148. The summed E-state index contributed by atoms with van der Waals surface area (Å²) in [6, 6.07) is 7.03. The summed E-state index contributed by atoms with van der Waals surface area (Å²) in [5, 5.41) is 2.40. The first-order valence-corrected chi connectivity index (χ1v) is 5.06. The molecule has 0 saturated heterocycles. The third kappa shape index (κ3) is 4.21. The summed E-state index contributed by atoms with van der Waals surface area (Å²) in [6.07, 6.45) is 1.20. The zero-order valence-electron chi connectivity index (χ0n) is 9.13. The van der Waals surface area contributed by atoms with Gasteiger partial charge in [-0.25, -0.2) is 4.39 Å². The van der Waals surface area contributed by atoms with E-state index in [9.17, 15) is 14.0 Å². The van der Waals surface area contributed by atoms with E-state index in [2.05, 4.69) is 5.32 Å². The van der Waals surface area contributed by atoms with Crippen LogP contribution in [0.3, 0.4) is 0 Å². The number of ketones is 1. The second kappa shape index (κ2) is 6.00. The molecule has 0 radical (unpaired) electrons. The molecule has 1 rings (SSSR count). The third-order valence-corrected chi connectivity index (χ3v) is 2.12. The summed E-state index contributed by atoms with van der Waals surface area (Å²) in [4.78, 5) is 21.5. The van der Waals surface area contributed by atoms with E-state index in [4.69, 9.17) is 0 Å². The van der Waals surface area contributed by atoms with Crippen LogP contribution in [-0.4, -0.2) is 18.4 Å². The van der Waals surface area contributed by atoms with E-state index in [0.29, 0.717) is 18.5 Å². The Labute approximate surface area is 93.7 Å². The Hall–Kier alpha value is -1.71. The van der Waals surface area contributed by atoms with Gasteiger partial charge in [0.1, 0.15) is 5.78 Å². The van der Waals surface area contributed by atoms with Gasteiger partial charge in [-0.2, -0.15) is 0 Å². The van der Waals surface area contributed by atoms with Crippen molar-refractivity contribution in [2.75, 3.05) is 12.0 Å². The average molecular weight is 223 g/mol. The van der Waals surface area contributed by atoms with Crippen LogP contribution in [0.2, 0.25) is 0 Å². The number of hydrogen-bond acceptors (Lipinski definition) is 2. The molecule has 0 atom stereocenters. The Morgan fingerprint density at radius 2 is 1.88 bits per heavy atom. The van der Waals surface area contributed by atoms with Gasteiger partial charge in [-0.3, -0.25) is 4.79 Å². The first kappa shape index (κ1) is 12.4. The van der Waals surface area contributed by atoms with Gasteiger partial charge in [-0.05, 0) is 31.0 Å². The average Bonchev–Trinajstić information content (AvgIpc) is 2.28. The fourth-order valence-corrected chi connectivity index (χ4v) is 1.27. The van der Waals surface area contributed by atoms with Crippen molar-refractivity contribution >= 4 is 17.4 Å². The van der Waals surface area contributed by atoms with Crippen molar-refractivity contribution in [1.29, 1.82) is 0 Å². The molecule has 0 unspecified atom stereocenters. The van der Waals surface area contributed by atoms with E-state index in [1.165, 1.54) is 0 Å². The van der Waals surface area contributed by atoms with Crippen LogP contribution in [0.5, 0.6) is 0 Å². The van der Waals surface area contributed by atoms with Crippen LogP contribution in [-0.2, 0) is 16.0 Å². The van der Waals surface area contributed by atoms with Crippen LogP contribution < -0.4 is 5.32 Å². The van der Waals surface area contributed by atoms with Gasteiger partial charge in [0.2, 0.25) is 0 Å². The smallest absolute Gasteiger partial charge is 0.255 e. The van der Waals surface area contributed by atoms with E-state index in [1.807, 2.05) is 12.1 Å². The first-order valence-electron chi connectivity index (χ1n) is 5.06. The first-order chi connectivity index (χ1) is 7.61. The van der Waals surface area contributed by atoms with E-state index < -0.39 is 12.6 Å². The van der Waals surface area contributed by atoms with Crippen LogP contribution >= 0.6 is 0 Å². The second-order valence-electron chi connectivity index (χ2n) is 3.58. The summed E-state index contributed by atoms with van der Waals surface area (Å²) >= 11 is 0. The minimum atomic E-state index is -1.02. The number of Topliss-reactive ketones (excluding diaryl/α,β-unsaturated/α-hetero) is 1. The van der Waals surface area contributed by atoms with Crippen molar-refractivity contribution < 1.29 is 14.0 Å². The fraction of sp³-hybridized carbons (Fsp3) is 0.333. The Morgan fingerprint density at radius 1 is 1.25 bits per heavy atom. The highest BCUT2D eigenvalue weighted by Gasteiger charge is 2.01. The third-order valence-electron chi connectivity index (χ3n) is 2.12. The van der Waals surface area contributed by atoms with Crippen molar-refractivity contribution in [2.24, 2.45) is 0 Å². The number of carbonyl (C=O) groups excluding carboxylic acids is 2. The van der Waals surface area contributed by atoms with Crippen molar-refractivity contribution in [1.82, 2.24) is 0 Å². The number of nitrogens with one attached hydrogen (secondary N) is 1. The molecule has 0 aromatic heterocycles. The Kier molecular flexibility index (Phi) is 4.64.